The van der Waals surface area contributed by atoms with Crippen LogP contribution in [-0.4, -0.2) is 47.4 Å². The molecule has 11 nitrogen and oxygen atoms in total. The van der Waals surface area contributed by atoms with E-state index in [-0.39, 0.29) is 5.69 Å². The summed E-state index contributed by atoms with van der Waals surface area (Å²) in [6, 6.07) is 9.43. The zero-order valence-corrected chi connectivity index (χ0v) is 18.4. The van der Waals surface area contributed by atoms with Gasteiger partial charge in [0, 0.05) is 23.9 Å². The second kappa shape index (κ2) is 9.55. The Labute approximate surface area is 189 Å². The molecule has 0 spiro atoms. The average Bonchev–Trinajstić information content (AvgIpc) is 2.99. The van der Waals surface area contributed by atoms with E-state index in [1.54, 1.807) is 18.2 Å². The molecule has 0 saturated carbocycles. The lowest BCUT2D eigenvalue weighted by Crippen LogP contribution is -2.42. The third kappa shape index (κ3) is 4.86. The number of hydrogen-bond acceptors (Lipinski definition) is 7. The molecule has 2 N–H and O–H groups in total. The summed E-state index contributed by atoms with van der Waals surface area (Å²) >= 11 is 0. The number of carbonyl (C=O) groups is 3. The van der Waals surface area contributed by atoms with Crippen LogP contribution >= 0.6 is 0 Å². The highest BCUT2D eigenvalue weighted by atomic mass is 16.6. The molecule has 2 aromatic carbocycles. The highest BCUT2D eigenvalue weighted by Gasteiger charge is 2.49. The third-order valence-electron chi connectivity index (χ3n) is 5.06. The first-order valence-electron chi connectivity index (χ1n) is 10.3. The van der Waals surface area contributed by atoms with Gasteiger partial charge in [0.05, 0.1) is 18.1 Å². The fourth-order valence-corrected chi connectivity index (χ4v) is 3.43. The Kier molecular flexibility index (Phi) is 6.80. The second-order valence-electron chi connectivity index (χ2n) is 7.33. The van der Waals surface area contributed by atoms with E-state index in [0.29, 0.717) is 36.0 Å². The summed E-state index contributed by atoms with van der Waals surface area (Å²) in [4.78, 5) is 49.1. The van der Waals surface area contributed by atoms with Gasteiger partial charge in [-0.1, -0.05) is 0 Å². The number of urea groups is 1. The van der Waals surface area contributed by atoms with Gasteiger partial charge in [-0.25, -0.2) is 4.79 Å². The van der Waals surface area contributed by atoms with Gasteiger partial charge in [-0.05, 0) is 50.6 Å². The molecule has 1 aliphatic heterocycles. The molecule has 11 heteroatoms. The summed E-state index contributed by atoms with van der Waals surface area (Å²) in [6.45, 7) is 5.48. The lowest BCUT2D eigenvalue weighted by molar-refractivity contribution is -0.384. The third-order valence-corrected chi connectivity index (χ3v) is 5.06. The van der Waals surface area contributed by atoms with Gasteiger partial charge in [-0.2, -0.15) is 0 Å². The maximum absolute atomic E-state index is 13.0. The van der Waals surface area contributed by atoms with E-state index in [1.165, 1.54) is 31.2 Å². The molecule has 1 saturated heterocycles. The summed E-state index contributed by atoms with van der Waals surface area (Å²) in [5, 5.41) is 16.1. The van der Waals surface area contributed by atoms with Gasteiger partial charge < -0.3 is 20.1 Å². The number of nitro benzene ring substituents is 1. The zero-order chi connectivity index (χ0) is 24.2. The van der Waals surface area contributed by atoms with E-state index in [2.05, 4.69) is 10.6 Å². The Morgan fingerprint density at radius 2 is 1.73 bits per heavy atom. The largest absolute Gasteiger partial charge is 0.490 e. The van der Waals surface area contributed by atoms with Crippen LogP contribution < -0.4 is 20.1 Å². The smallest absolute Gasteiger partial charge is 0.325 e. The summed E-state index contributed by atoms with van der Waals surface area (Å²) in [7, 11) is 0. The van der Waals surface area contributed by atoms with E-state index in [0.717, 1.165) is 4.90 Å². The fraction of sp³-hybridized carbons (Fsp3) is 0.318. The lowest BCUT2D eigenvalue weighted by Gasteiger charge is -2.22. The fourth-order valence-electron chi connectivity index (χ4n) is 3.43. The molecule has 1 aliphatic rings. The minimum atomic E-state index is -1.45. The van der Waals surface area contributed by atoms with Crippen LogP contribution in [0.3, 0.4) is 0 Å². The molecule has 0 aliphatic carbocycles. The van der Waals surface area contributed by atoms with Crippen LogP contribution in [0.1, 0.15) is 26.3 Å². The highest BCUT2D eigenvalue weighted by Crippen LogP contribution is 2.32. The van der Waals surface area contributed by atoms with Crippen LogP contribution in [0.4, 0.5) is 16.2 Å². The maximum atomic E-state index is 13.0. The summed E-state index contributed by atoms with van der Waals surface area (Å²) in [6.07, 6.45) is 0. The average molecular weight is 456 g/mol. The number of nitrogens with zero attached hydrogens (tertiary/aromatic N) is 2. The number of imide groups is 1. The van der Waals surface area contributed by atoms with Crippen molar-refractivity contribution in [2.24, 2.45) is 0 Å². The number of carbonyl (C=O) groups excluding carboxylic acids is 3. The first-order chi connectivity index (χ1) is 15.7. The van der Waals surface area contributed by atoms with E-state index in [9.17, 15) is 24.5 Å². The number of nitrogens with one attached hydrogen (secondary N) is 2. The number of non-ortho nitro benzene ring substituents is 1. The predicted octanol–water partition coefficient (Wildman–Crippen LogP) is 2.80. The van der Waals surface area contributed by atoms with Gasteiger partial charge in [-0.3, -0.25) is 24.6 Å². The van der Waals surface area contributed by atoms with Crippen LogP contribution in [0.15, 0.2) is 42.5 Å². The highest BCUT2D eigenvalue weighted by molar-refractivity contribution is 6.10. The molecule has 0 bridgehead atoms. The molecule has 0 aromatic heterocycles. The number of amides is 4. The van der Waals surface area contributed by atoms with Crippen LogP contribution in [0.25, 0.3) is 0 Å². The van der Waals surface area contributed by atoms with Crippen molar-refractivity contribution in [2.75, 3.05) is 25.1 Å². The Bertz CT molecular complexity index is 1090. The van der Waals surface area contributed by atoms with Crippen molar-refractivity contribution in [1.29, 1.82) is 0 Å². The number of anilines is 1. The molecule has 4 amide bonds. The normalized spacial score (nSPS) is 17.5. The van der Waals surface area contributed by atoms with Gasteiger partial charge in [-0.15, -0.1) is 0 Å². The molecule has 1 fully saturated rings. The van der Waals surface area contributed by atoms with Gasteiger partial charge in [0.1, 0.15) is 12.1 Å². The summed E-state index contributed by atoms with van der Waals surface area (Å²) < 4.78 is 11.0. The molecular weight excluding hydrogens is 432 g/mol. The molecule has 1 heterocycles. The quantitative estimate of drug-likeness (QED) is 0.336. The molecule has 0 radical (unpaired) electrons. The maximum Gasteiger partial charge on any atom is 0.325 e. The van der Waals surface area contributed by atoms with Crippen molar-refractivity contribution in [3.05, 3.63) is 58.1 Å². The van der Waals surface area contributed by atoms with E-state index in [4.69, 9.17) is 9.47 Å². The number of nitro groups is 1. The van der Waals surface area contributed by atoms with Crippen LogP contribution in [-0.2, 0) is 15.1 Å². The second-order valence-corrected chi connectivity index (χ2v) is 7.33. The monoisotopic (exact) mass is 456 g/mol. The lowest BCUT2D eigenvalue weighted by atomic mass is 9.92. The number of hydrogen-bond donors (Lipinski definition) is 2. The Hall–Kier alpha value is -4.15. The molecule has 3 rings (SSSR count). The summed E-state index contributed by atoms with van der Waals surface area (Å²) in [5.41, 5.74) is -0.815. The first kappa shape index (κ1) is 23.5. The zero-order valence-electron chi connectivity index (χ0n) is 18.4. The van der Waals surface area contributed by atoms with Crippen molar-refractivity contribution >= 4 is 29.2 Å². The van der Waals surface area contributed by atoms with Crippen molar-refractivity contribution in [1.82, 2.24) is 10.2 Å². The van der Waals surface area contributed by atoms with Crippen molar-refractivity contribution in [3.63, 3.8) is 0 Å². The van der Waals surface area contributed by atoms with Gasteiger partial charge in [0.15, 0.2) is 11.5 Å². The van der Waals surface area contributed by atoms with Gasteiger partial charge >= 0.3 is 6.03 Å². The Morgan fingerprint density at radius 1 is 1.09 bits per heavy atom. The molecular formula is C22H24N4O7. The number of rotatable bonds is 9. The van der Waals surface area contributed by atoms with E-state index in [1.807, 2.05) is 13.8 Å². The minimum Gasteiger partial charge on any atom is -0.490 e. The molecule has 1 atom stereocenters. The summed E-state index contributed by atoms with van der Waals surface area (Å²) in [5.74, 6) is -0.237. The molecule has 33 heavy (non-hydrogen) atoms. The predicted molar refractivity (Wildman–Crippen MR) is 118 cm³/mol. The molecule has 2 aromatic rings. The van der Waals surface area contributed by atoms with E-state index >= 15 is 0 Å². The SMILES string of the molecule is CCOc1ccc(NC(=O)CN2C(=O)N[C@](C)(c3ccc([N+](=O)[O-])cc3)C2=O)cc1OCC. The van der Waals surface area contributed by atoms with Gasteiger partial charge in [0.2, 0.25) is 5.91 Å². The van der Waals surface area contributed by atoms with E-state index < -0.39 is 34.9 Å². The van der Waals surface area contributed by atoms with Crippen LogP contribution in [0.5, 0.6) is 11.5 Å². The van der Waals surface area contributed by atoms with Crippen LogP contribution in [0, 0.1) is 10.1 Å². The number of ether oxygens (including phenoxy) is 2. The van der Waals surface area contributed by atoms with Crippen molar-refractivity contribution in [2.45, 2.75) is 26.3 Å². The Balaban J connectivity index is 1.72. The molecule has 0 unspecified atom stereocenters. The Morgan fingerprint density at radius 3 is 2.33 bits per heavy atom. The molecule has 174 valence electrons. The van der Waals surface area contributed by atoms with Crippen molar-refractivity contribution in [3.8, 4) is 11.5 Å². The number of benzene rings is 2. The van der Waals surface area contributed by atoms with Crippen LogP contribution in [0.2, 0.25) is 0 Å². The first-order valence-corrected chi connectivity index (χ1v) is 10.3. The van der Waals surface area contributed by atoms with Gasteiger partial charge in [0.25, 0.3) is 11.6 Å². The minimum absolute atomic E-state index is 0.142. The standard InChI is InChI=1S/C22H24N4O7/c1-4-32-17-11-8-15(12-18(17)33-5-2)23-19(27)13-25-20(28)22(3,24-21(25)29)14-6-9-16(10-7-14)26(30)31/h6-12H,4-5,13H2,1-3H3,(H,23,27)(H,24,29)/t22-/m1/s1. The topological polar surface area (TPSA) is 140 Å². The van der Waals surface area contributed by atoms with Crippen molar-refractivity contribution < 1.29 is 28.8 Å².